The summed E-state index contributed by atoms with van der Waals surface area (Å²) in [5.74, 6) is 0. The van der Waals surface area contributed by atoms with Gasteiger partial charge in [-0.1, -0.05) is 72.8 Å². The van der Waals surface area contributed by atoms with Crippen molar-refractivity contribution in [1.29, 1.82) is 0 Å². The lowest BCUT2D eigenvalue weighted by Crippen LogP contribution is -2.13. The van der Waals surface area contributed by atoms with Gasteiger partial charge in [-0.2, -0.15) is 0 Å². The summed E-state index contributed by atoms with van der Waals surface area (Å²) in [4.78, 5) is 9.43. The normalized spacial score (nSPS) is 11.0. The van der Waals surface area contributed by atoms with Crippen molar-refractivity contribution < 1.29 is 0 Å². The van der Waals surface area contributed by atoms with E-state index in [2.05, 4.69) is 161 Å². The number of aromatic nitrogens is 2. The van der Waals surface area contributed by atoms with E-state index in [4.69, 9.17) is 4.98 Å². The maximum Gasteiger partial charge on any atom is 0.137 e. The largest absolute Gasteiger partial charge is 0.310 e. The van der Waals surface area contributed by atoms with Crippen LogP contribution in [-0.2, 0) is 0 Å². The maximum absolute atomic E-state index is 4.81. The van der Waals surface area contributed by atoms with Crippen LogP contribution in [0.2, 0.25) is 0 Å². The van der Waals surface area contributed by atoms with Crippen molar-refractivity contribution in [3.63, 3.8) is 0 Å². The second-order valence-electron chi connectivity index (χ2n) is 10.3. The molecule has 0 bridgehead atoms. The second-order valence-corrected chi connectivity index (χ2v) is 10.3. The van der Waals surface area contributed by atoms with Gasteiger partial charge in [-0.15, -0.1) is 0 Å². The lowest BCUT2D eigenvalue weighted by molar-refractivity contribution is 1.19. The number of para-hydroxylation sites is 3. The summed E-state index contributed by atoms with van der Waals surface area (Å²) in [6.07, 6.45) is 4.10. The number of pyridine rings is 1. The molecule has 0 radical (unpaired) electrons. The summed E-state index contributed by atoms with van der Waals surface area (Å²) < 4.78 is 2.05. The van der Waals surface area contributed by atoms with Crippen LogP contribution in [0.15, 0.2) is 164 Å². The van der Waals surface area contributed by atoms with E-state index in [0.717, 1.165) is 51.0 Å². The molecule has 0 N–H and O–H groups in total. The van der Waals surface area contributed by atoms with Gasteiger partial charge in [0.15, 0.2) is 0 Å². The molecule has 0 aliphatic heterocycles. The topological polar surface area (TPSA) is 23.8 Å². The second kappa shape index (κ2) is 11.1. The van der Waals surface area contributed by atoms with E-state index in [1.165, 1.54) is 5.56 Å². The van der Waals surface area contributed by atoms with Crippen LogP contribution in [0.25, 0.3) is 16.9 Å². The Kier molecular flexibility index (Phi) is 6.71. The predicted molar refractivity (Wildman–Crippen MR) is 175 cm³/mol. The van der Waals surface area contributed by atoms with Crippen molar-refractivity contribution >= 4 is 39.8 Å². The molecular formula is C38H30N4. The van der Waals surface area contributed by atoms with Crippen molar-refractivity contribution in [1.82, 2.24) is 9.38 Å². The van der Waals surface area contributed by atoms with Crippen LogP contribution < -0.4 is 9.80 Å². The van der Waals surface area contributed by atoms with Crippen LogP contribution in [0.4, 0.5) is 34.1 Å². The predicted octanol–water partition coefficient (Wildman–Crippen LogP) is 10.2. The molecule has 0 spiro atoms. The first kappa shape index (κ1) is 25.4. The summed E-state index contributed by atoms with van der Waals surface area (Å²) in [6, 6.07) is 53.0. The minimum Gasteiger partial charge on any atom is -0.310 e. The van der Waals surface area contributed by atoms with Crippen LogP contribution in [0.5, 0.6) is 0 Å². The minimum absolute atomic E-state index is 0.943. The van der Waals surface area contributed by atoms with Crippen LogP contribution in [0, 0.1) is 6.92 Å². The molecule has 7 aromatic rings. The maximum atomic E-state index is 4.81. The Morgan fingerprint density at radius 1 is 0.500 bits per heavy atom. The number of fused-ring (bicyclic) bond motifs is 1. The van der Waals surface area contributed by atoms with Crippen molar-refractivity contribution in [2.75, 3.05) is 9.80 Å². The zero-order chi connectivity index (χ0) is 28.3. The molecule has 0 atom stereocenters. The monoisotopic (exact) mass is 542 g/mol. The van der Waals surface area contributed by atoms with Gasteiger partial charge in [0.1, 0.15) is 5.65 Å². The number of hydrogen-bond acceptors (Lipinski definition) is 3. The lowest BCUT2D eigenvalue weighted by atomic mass is 10.1. The third-order valence-electron chi connectivity index (χ3n) is 7.51. The van der Waals surface area contributed by atoms with Gasteiger partial charge in [0.2, 0.25) is 0 Å². The Morgan fingerprint density at radius 3 is 1.60 bits per heavy atom. The zero-order valence-corrected chi connectivity index (χ0v) is 23.4. The number of nitrogens with zero attached hydrogens (tertiary/aromatic N) is 4. The number of rotatable bonds is 7. The summed E-state index contributed by atoms with van der Waals surface area (Å²) >= 11 is 0. The lowest BCUT2D eigenvalue weighted by Gasteiger charge is -2.30. The first-order chi connectivity index (χ1) is 20.7. The Morgan fingerprint density at radius 2 is 1.02 bits per heavy atom. The number of aryl methyl sites for hydroxylation is 1. The Labute approximate surface area is 246 Å². The molecule has 0 aliphatic rings. The van der Waals surface area contributed by atoms with Gasteiger partial charge in [0.05, 0.1) is 5.69 Å². The van der Waals surface area contributed by atoms with Crippen LogP contribution in [0.3, 0.4) is 0 Å². The van der Waals surface area contributed by atoms with Gasteiger partial charge in [-0.25, -0.2) is 4.98 Å². The highest BCUT2D eigenvalue weighted by atomic mass is 15.2. The van der Waals surface area contributed by atoms with Crippen molar-refractivity contribution in [2.24, 2.45) is 0 Å². The van der Waals surface area contributed by atoms with Gasteiger partial charge in [-0.3, -0.25) is 0 Å². The first-order valence-corrected chi connectivity index (χ1v) is 14.1. The van der Waals surface area contributed by atoms with Crippen LogP contribution in [-0.4, -0.2) is 9.38 Å². The summed E-state index contributed by atoms with van der Waals surface area (Å²) in [7, 11) is 0. The third kappa shape index (κ3) is 4.91. The third-order valence-corrected chi connectivity index (χ3v) is 7.51. The zero-order valence-electron chi connectivity index (χ0n) is 23.4. The summed E-state index contributed by atoms with van der Waals surface area (Å²) in [6.45, 7) is 2.19. The number of hydrogen-bond donors (Lipinski definition) is 0. The fourth-order valence-corrected chi connectivity index (χ4v) is 5.49. The Bertz CT molecular complexity index is 1860. The highest BCUT2D eigenvalue weighted by Gasteiger charge is 2.18. The standard InChI is InChI=1S/C38H30N4/c1-29-27-35(24-25-37(29)42(32-15-7-3-8-16-32)33-17-9-4-10-18-33)41(31-13-5-2-6-14-31)34-22-20-30(21-23-34)36-28-40-26-12-11-19-38(40)39-36/h2-28H,1H3. The summed E-state index contributed by atoms with van der Waals surface area (Å²) in [5.41, 5.74) is 10.9. The molecule has 0 amide bonds. The van der Waals surface area contributed by atoms with Crippen molar-refractivity contribution in [3.8, 4) is 11.3 Å². The number of anilines is 6. The molecule has 4 heteroatoms. The molecule has 2 heterocycles. The van der Waals surface area contributed by atoms with Crippen LogP contribution >= 0.6 is 0 Å². The van der Waals surface area contributed by atoms with E-state index in [-0.39, 0.29) is 0 Å². The Hall–Kier alpha value is -5.61. The van der Waals surface area contributed by atoms with E-state index >= 15 is 0 Å². The number of imidazole rings is 1. The van der Waals surface area contributed by atoms with Gasteiger partial charge >= 0.3 is 0 Å². The van der Waals surface area contributed by atoms with E-state index in [1.807, 2.05) is 24.4 Å². The fraction of sp³-hybridized carbons (Fsp3) is 0.0263. The van der Waals surface area contributed by atoms with Gasteiger partial charge in [-0.05, 0) is 91.3 Å². The average Bonchev–Trinajstić information content (AvgIpc) is 3.49. The molecule has 0 unspecified atom stereocenters. The molecule has 2 aromatic heterocycles. The molecule has 5 aromatic carbocycles. The quantitative estimate of drug-likeness (QED) is 0.200. The molecule has 0 fully saturated rings. The van der Waals surface area contributed by atoms with E-state index < -0.39 is 0 Å². The molecule has 202 valence electrons. The molecule has 42 heavy (non-hydrogen) atoms. The van der Waals surface area contributed by atoms with E-state index in [1.54, 1.807) is 0 Å². The fourth-order valence-electron chi connectivity index (χ4n) is 5.49. The minimum atomic E-state index is 0.943. The van der Waals surface area contributed by atoms with Gasteiger partial charge in [0, 0.05) is 52.1 Å². The molecule has 4 nitrogen and oxygen atoms in total. The Balaban J connectivity index is 1.28. The van der Waals surface area contributed by atoms with Crippen molar-refractivity contribution in [3.05, 3.63) is 170 Å². The summed E-state index contributed by atoms with van der Waals surface area (Å²) in [5, 5.41) is 0. The van der Waals surface area contributed by atoms with Gasteiger partial charge < -0.3 is 14.2 Å². The molecular weight excluding hydrogens is 512 g/mol. The number of benzene rings is 5. The molecule has 7 rings (SSSR count). The molecule has 0 aliphatic carbocycles. The van der Waals surface area contributed by atoms with E-state index in [9.17, 15) is 0 Å². The smallest absolute Gasteiger partial charge is 0.137 e. The molecule has 0 saturated heterocycles. The molecule has 0 saturated carbocycles. The average molecular weight is 543 g/mol. The van der Waals surface area contributed by atoms with Gasteiger partial charge in [0.25, 0.3) is 0 Å². The van der Waals surface area contributed by atoms with Crippen LogP contribution in [0.1, 0.15) is 5.56 Å². The van der Waals surface area contributed by atoms with E-state index in [0.29, 0.717) is 0 Å². The highest BCUT2D eigenvalue weighted by molar-refractivity contribution is 5.83. The first-order valence-electron chi connectivity index (χ1n) is 14.1. The van der Waals surface area contributed by atoms with Crippen molar-refractivity contribution in [2.45, 2.75) is 6.92 Å². The highest BCUT2D eigenvalue weighted by Crippen LogP contribution is 2.41. The SMILES string of the molecule is Cc1cc(N(c2ccccc2)c2ccc(-c3cn4ccccc4n3)cc2)ccc1N(c1ccccc1)c1ccccc1.